The Balaban J connectivity index is 1.09. The highest BCUT2D eigenvalue weighted by Gasteiger charge is 2.35. The summed E-state index contributed by atoms with van der Waals surface area (Å²) in [5.41, 5.74) is 0. The summed E-state index contributed by atoms with van der Waals surface area (Å²) in [7, 11) is 0. The zero-order valence-electron chi connectivity index (χ0n) is 21.5. The summed E-state index contributed by atoms with van der Waals surface area (Å²) in [6, 6.07) is 0. The van der Waals surface area contributed by atoms with Gasteiger partial charge in [-0.15, -0.1) is 0 Å². The fourth-order valence-electron chi connectivity index (χ4n) is 7.53. The van der Waals surface area contributed by atoms with Crippen LogP contribution >= 0.6 is 0 Å². The molecule has 0 aromatic heterocycles. The fraction of sp³-hybridized carbons (Fsp3) is 0.931. The van der Waals surface area contributed by atoms with Gasteiger partial charge in [0.15, 0.2) is 6.29 Å². The maximum Gasteiger partial charge on any atom is 0.412 e. The molecule has 0 atom stereocenters. The molecule has 0 bridgehead atoms. The van der Waals surface area contributed by atoms with Crippen LogP contribution in [0.15, 0.2) is 11.9 Å². The second-order valence-corrected chi connectivity index (χ2v) is 12.1. The molecule has 1 saturated heterocycles. The summed E-state index contributed by atoms with van der Waals surface area (Å²) in [6.07, 6.45) is 11.9. The van der Waals surface area contributed by atoms with Gasteiger partial charge in [-0.05, 0) is 93.8 Å². The third-order valence-corrected chi connectivity index (χ3v) is 9.96. The number of halogens is 4. The third-order valence-electron chi connectivity index (χ3n) is 9.96. The minimum atomic E-state index is -4.55. The van der Waals surface area contributed by atoms with Crippen LogP contribution in [0, 0.1) is 41.4 Å². The van der Waals surface area contributed by atoms with Crippen molar-refractivity contribution in [1.29, 1.82) is 0 Å². The molecule has 0 aromatic carbocycles. The quantitative estimate of drug-likeness (QED) is 0.323. The molecule has 2 nitrogen and oxygen atoms in total. The van der Waals surface area contributed by atoms with Gasteiger partial charge >= 0.3 is 6.18 Å². The Labute approximate surface area is 209 Å². The van der Waals surface area contributed by atoms with Gasteiger partial charge in [-0.1, -0.05) is 39.0 Å². The van der Waals surface area contributed by atoms with Crippen LogP contribution in [0.4, 0.5) is 17.6 Å². The number of alkyl halides is 3. The molecule has 0 amide bonds. The zero-order chi connectivity index (χ0) is 24.8. The molecule has 0 radical (unpaired) electrons. The molecule has 3 saturated carbocycles. The van der Waals surface area contributed by atoms with E-state index in [1.807, 2.05) is 0 Å². The molecule has 0 unspecified atom stereocenters. The van der Waals surface area contributed by atoms with Crippen LogP contribution < -0.4 is 0 Å². The van der Waals surface area contributed by atoms with Gasteiger partial charge in [0.05, 0.1) is 19.3 Å². The first-order chi connectivity index (χ1) is 16.8. The van der Waals surface area contributed by atoms with E-state index < -0.39 is 17.9 Å². The lowest BCUT2D eigenvalue weighted by Gasteiger charge is -2.39. The molecule has 4 aliphatic rings. The zero-order valence-corrected chi connectivity index (χ0v) is 21.5. The Morgan fingerprint density at radius 1 is 0.686 bits per heavy atom. The summed E-state index contributed by atoms with van der Waals surface area (Å²) in [5.74, 6) is 2.72. The molecule has 0 spiro atoms. The monoisotopic (exact) mass is 502 g/mol. The van der Waals surface area contributed by atoms with Crippen LogP contribution in [0.1, 0.15) is 103 Å². The molecule has 0 aromatic rings. The minimum Gasteiger partial charge on any atom is -0.352 e. The van der Waals surface area contributed by atoms with Gasteiger partial charge in [0, 0.05) is 11.8 Å². The number of hydrogen-bond donors (Lipinski definition) is 0. The van der Waals surface area contributed by atoms with Crippen molar-refractivity contribution in [3.63, 3.8) is 0 Å². The minimum absolute atomic E-state index is 0.0362. The highest BCUT2D eigenvalue weighted by molar-refractivity contribution is 5.03. The van der Waals surface area contributed by atoms with Gasteiger partial charge < -0.3 is 9.47 Å². The van der Waals surface area contributed by atoms with Gasteiger partial charge in [-0.25, -0.2) is 4.39 Å². The molecular weight excluding hydrogens is 456 g/mol. The highest BCUT2D eigenvalue weighted by Crippen LogP contribution is 2.44. The number of ether oxygens (including phenoxy) is 2. The summed E-state index contributed by atoms with van der Waals surface area (Å²) in [4.78, 5) is 0. The molecule has 1 heterocycles. The van der Waals surface area contributed by atoms with E-state index >= 15 is 0 Å². The first-order valence-corrected chi connectivity index (χ1v) is 14.5. The van der Waals surface area contributed by atoms with Crippen molar-refractivity contribution in [2.24, 2.45) is 41.4 Å². The molecule has 4 fully saturated rings. The lowest BCUT2D eigenvalue weighted by molar-refractivity contribution is -0.213. The Kier molecular flexibility index (Phi) is 9.99. The van der Waals surface area contributed by atoms with E-state index in [4.69, 9.17) is 9.47 Å². The van der Waals surface area contributed by atoms with Crippen LogP contribution in [0.25, 0.3) is 0 Å². The van der Waals surface area contributed by atoms with Crippen molar-refractivity contribution in [3.8, 4) is 0 Å². The largest absolute Gasteiger partial charge is 0.412 e. The van der Waals surface area contributed by atoms with Gasteiger partial charge in [-0.2, -0.15) is 13.2 Å². The van der Waals surface area contributed by atoms with Crippen LogP contribution in [-0.2, 0) is 9.47 Å². The van der Waals surface area contributed by atoms with Crippen molar-refractivity contribution in [2.45, 2.75) is 116 Å². The van der Waals surface area contributed by atoms with E-state index in [0.29, 0.717) is 30.6 Å². The van der Waals surface area contributed by atoms with Crippen LogP contribution in [0.5, 0.6) is 0 Å². The summed E-state index contributed by atoms with van der Waals surface area (Å²) >= 11 is 0. The number of rotatable bonds is 7. The molecule has 0 N–H and O–H groups in total. The average molecular weight is 503 g/mol. The van der Waals surface area contributed by atoms with Gasteiger partial charge in [-0.3, -0.25) is 0 Å². The van der Waals surface area contributed by atoms with E-state index in [9.17, 15) is 17.6 Å². The van der Waals surface area contributed by atoms with Crippen LogP contribution in [-0.4, -0.2) is 25.7 Å². The Morgan fingerprint density at radius 3 is 1.69 bits per heavy atom. The van der Waals surface area contributed by atoms with Crippen molar-refractivity contribution < 1.29 is 27.0 Å². The van der Waals surface area contributed by atoms with E-state index in [1.165, 1.54) is 57.8 Å². The predicted octanol–water partition coefficient (Wildman–Crippen LogP) is 9.00. The average Bonchev–Trinajstić information content (AvgIpc) is 2.87. The van der Waals surface area contributed by atoms with E-state index in [-0.39, 0.29) is 12.4 Å². The SMILES string of the molecule is CCC1CCC(C2COC(CCC3CCC(C4CCC(/C(F)=C/C(F)(F)F)CC4)CC3)OC2)CC1. The van der Waals surface area contributed by atoms with Crippen molar-refractivity contribution in [1.82, 2.24) is 0 Å². The molecule has 3 aliphatic carbocycles. The first kappa shape index (κ1) is 27.4. The molecule has 4 rings (SSSR count). The second-order valence-electron chi connectivity index (χ2n) is 12.1. The van der Waals surface area contributed by atoms with Crippen molar-refractivity contribution in [3.05, 3.63) is 11.9 Å². The van der Waals surface area contributed by atoms with Crippen LogP contribution in [0.3, 0.4) is 0 Å². The summed E-state index contributed by atoms with van der Waals surface area (Å²) in [6.45, 7) is 4.03. The molecule has 202 valence electrons. The second kappa shape index (κ2) is 12.8. The normalized spacial score (nSPS) is 40.0. The maximum atomic E-state index is 13.9. The van der Waals surface area contributed by atoms with E-state index in [1.54, 1.807) is 0 Å². The Hall–Kier alpha value is -0.620. The first-order valence-electron chi connectivity index (χ1n) is 14.5. The topological polar surface area (TPSA) is 18.5 Å². The maximum absolute atomic E-state index is 13.9. The Morgan fingerprint density at radius 2 is 1.17 bits per heavy atom. The fourth-order valence-corrected chi connectivity index (χ4v) is 7.53. The summed E-state index contributed by atoms with van der Waals surface area (Å²) in [5, 5.41) is 0. The van der Waals surface area contributed by atoms with Gasteiger partial charge in [0.2, 0.25) is 0 Å². The van der Waals surface area contributed by atoms with Gasteiger partial charge in [0.25, 0.3) is 0 Å². The summed E-state index contributed by atoms with van der Waals surface area (Å²) < 4.78 is 63.5. The molecule has 35 heavy (non-hydrogen) atoms. The predicted molar refractivity (Wildman–Crippen MR) is 130 cm³/mol. The van der Waals surface area contributed by atoms with Crippen molar-refractivity contribution in [2.75, 3.05) is 13.2 Å². The lowest BCUT2D eigenvalue weighted by atomic mass is 9.68. The molecule has 1 aliphatic heterocycles. The number of allylic oxidation sites excluding steroid dienone is 2. The molecular formula is C29H46F4O2. The Bertz CT molecular complexity index is 646. The molecule has 6 heteroatoms. The van der Waals surface area contributed by atoms with E-state index in [0.717, 1.165) is 56.7 Å². The lowest BCUT2D eigenvalue weighted by Crippen LogP contribution is -2.37. The van der Waals surface area contributed by atoms with E-state index in [2.05, 4.69) is 6.92 Å². The third kappa shape index (κ3) is 8.18. The van der Waals surface area contributed by atoms with Crippen LogP contribution in [0.2, 0.25) is 0 Å². The highest BCUT2D eigenvalue weighted by atomic mass is 19.4. The van der Waals surface area contributed by atoms with Gasteiger partial charge in [0.1, 0.15) is 5.83 Å². The number of hydrogen-bond acceptors (Lipinski definition) is 2. The van der Waals surface area contributed by atoms with Crippen molar-refractivity contribution >= 4 is 0 Å². The standard InChI is InChI=1S/C29H46F4O2/c1-2-20-3-8-24(9-4-20)26-18-34-28(35-19-26)16-7-21-5-10-22(11-6-21)23-12-14-25(15-13-23)27(30)17-29(31,32)33/h17,20-26,28H,2-16,18-19H2,1H3/b27-17-. The smallest absolute Gasteiger partial charge is 0.352 e.